The molecule has 30 valence electrons. The van der Waals surface area contributed by atoms with Gasteiger partial charge < -0.3 is 0 Å². The summed E-state index contributed by atoms with van der Waals surface area (Å²) < 4.78 is 0.352. The van der Waals surface area contributed by atoms with Gasteiger partial charge in [-0.25, -0.2) is 0 Å². The number of aliphatic carboxylic acids is 1. The van der Waals surface area contributed by atoms with Gasteiger partial charge in [-0.3, -0.25) is 0 Å². The average molecular weight is 239 g/mol. The normalized spacial score (nSPS) is 5.83. The van der Waals surface area contributed by atoms with Crippen molar-refractivity contribution >= 4 is 5.97 Å². The molecule has 1 N–H and O–H groups in total. The van der Waals surface area contributed by atoms with Crippen LogP contribution in [0.3, 0.4) is 0 Å². The molecule has 0 unspecified atom stereocenters. The van der Waals surface area contributed by atoms with E-state index in [2.05, 4.69) is 0 Å². The molecule has 0 fully saturated rings. The third kappa shape index (κ3) is 9.07. The predicted octanol–water partition coefficient (Wildman–Crippen LogP) is 0.0336. The van der Waals surface area contributed by atoms with E-state index in [0.29, 0.717) is 3.23 Å². The van der Waals surface area contributed by atoms with Crippen molar-refractivity contribution in [2.75, 3.05) is 0 Å². The first-order valence-electron chi connectivity index (χ1n) is 1.19. The molecule has 6 heavy (non-hydrogen) atoms. The van der Waals surface area contributed by atoms with E-state index in [1.807, 2.05) is 0 Å². The molecule has 0 saturated carbocycles. The van der Waals surface area contributed by atoms with Crippen molar-refractivity contribution in [1.29, 1.82) is 0 Å². The molecule has 0 atom stereocenters. The van der Waals surface area contributed by atoms with Crippen LogP contribution in [0.5, 0.6) is 0 Å². The first-order chi connectivity index (χ1) is 2.27. The molecule has 2 nitrogen and oxygen atoms in total. The van der Waals surface area contributed by atoms with Gasteiger partial charge in [-0.15, -0.1) is 0 Å². The summed E-state index contributed by atoms with van der Waals surface area (Å²) in [7, 11) is 0. The Bertz CT molecular complexity index is 46.8. The molecule has 0 aromatic heterocycles. The predicted molar refractivity (Wildman–Crippen MR) is 12.4 cm³/mol. The summed E-state index contributed by atoms with van der Waals surface area (Å²) in [6.45, 7) is 0. The molecule has 0 rings (SSSR count). The van der Waals surface area contributed by atoms with E-state index >= 15 is 0 Å². The number of carboxylic acid groups (broad SMARTS) is 1. The molecule has 0 aliphatic heterocycles. The maximum atomic E-state index is 9.40. The molecular weight excluding hydrogens is 236 g/mol. The minimum atomic E-state index is -0.688. The number of carboxylic acids is 1. The first kappa shape index (κ1) is 10.4. The summed E-state index contributed by atoms with van der Waals surface area (Å²) in [6.07, 6.45) is 0. The third-order valence-corrected chi connectivity index (χ3v) is 1.03. The zero-order valence-corrected chi connectivity index (χ0v) is 8.44. The summed E-state index contributed by atoms with van der Waals surface area (Å²) in [6, 6.07) is 0. The van der Waals surface area contributed by atoms with E-state index in [0.717, 1.165) is 31.0 Å². The van der Waals surface area contributed by atoms with Crippen LogP contribution >= 0.6 is 0 Å². The number of carbonyl (C=O) groups is 1. The molecule has 0 spiro atoms. The SMILES string of the molecule is O=C(O)[CH2][Y].[Zr]. The fourth-order valence-electron chi connectivity index (χ4n) is 0. The van der Waals surface area contributed by atoms with Crippen LogP contribution in [0.4, 0.5) is 0 Å². The Hall–Kier alpha value is 1.46. The smallest absolute Gasteiger partial charge is 0 e. The van der Waals surface area contributed by atoms with Crippen LogP contribution in [0.2, 0.25) is 3.23 Å². The summed E-state index contributed by atoms with van der Waals surface area (Å²) in [5.41, 5.74) is 0. The second-order valence-electron chi connectivity index (χ2n) is 0.598. The van der Waals surface area contributed by atoms with Gasteiger partial charge in [0.15, 0.2) is 0 Å². The van der Waals surface area contributed by atoms with Gasteiger partial charge in [0.1, 0.15) is 0 Å². The van der Waals surface area contributed by atoms with E-state index < -0.39 is 5.97 Å². The van der Waals surface area contributed by atoms with Gasteiger partial charge in [0.2, 0.25) is 0 Å². The molecule has 0 aliphatic rings. The van der Waals surface area contributed by atoms with Crippen molar-refractivity contribution in [3.05, 3.63) is 0 Å². The Labute approximate surface area is 75.2 Å². The second kappa shape index (κ2) is 6.46. The minimum Gasteiger partial charge on any atom is 0 e. The molecular formula is C2H3O2YZr. The fourth-order valence-corrected chi connectivity index (χ4v) is 0. The van der Waals surface area contributed by atoms with Gasteiger partial charge in [-0.1, -0.05) is 0 Å². The largest absolute Gasteiger partial charge is 0 e. The molecule has 0 bridgehead atoms. The van der Waals surface area contributed by atoms with E-state index in [1.54, 1.807) is 0 Å². The van der Waals surface area contributed by atoms with E-state index in [-0.39, 0.29) is 26.2 Å². The Kier molecular flexibility index (Phi) is 11.2. The summed E-state index contributed by atoms with van der Waals surface area (Å²) in [5.74, 6) is -0.688. The van der Waals surface area contributed by atoms with Crippen LogP contribution < -0.4 is 0 Å². The van der Waals surface area contributed by atoms with Crippen LogP contribution in [0.15, 0.2) is 0 Å². The van der Waals surface area contributed by atoms with Crippen LogP contribution in [-0.2, 0) is 62.0 Å². The van der Waals surface area contributed by atoms with Crippen molar-refractivity contribution in [2.45, 2.75) is 3.23 Å². The quantitative estimate of drug-likeness (QED) is 0.701. The van der Waals surface area contributed by atoms with Crippen molar-refractivity contribution in [3.8, 4) is 0 Å². The molecule has 4 heteroatoms. The number of hydrogen-bond acceptors (Lipinski definition) is 1. The molecule has 0 radical (unpaired) electrons. The van der Waals surface area contributed by atoms with E-state index in [1.165, 1.54) is 0 Å². The number of hydrogen-bond donors (Lipinski definition) is 1. The van der Waals surface area contributed by atoms with Gasteiger partial charge in [-0.05, 0) is 0 Å². The van der Waals surface area contributed by atoms with Crippen LogP contribution in [0, 0.1) is 0 Å². The topological polar surface area (TPSA) is 37.3 Å². The number of rotatable bonds is 1. The fraction of sp³-hybridized carbons (Fsp3) is 0.500. The molecule has 0 aliphatic carbocycles. The van der Waals surface area contributed by atoms with Crippen molar-refractivity contribution in [2.24, 2.45) is 0 Å². The average Bonchev–Trinajstić information content (AvgIpc) is 1.38. The first-order valence-corrected chi connectivity index (χ1v) is 3.20. The minimum absolute atomic E-state index is 0. The Morgan fingerprint density at radius 2 is 2.00 bits per heavy atom. The molecule has 0 aromatic rings. The Balaban J connectivity index is 0. The van der Waals surface area contributed by atoms with Gasteiger partial charge in [0.25, 0.3) is 0 Å². The third-order valence-electron chi connectivity index (χ3n) is 0.175. The second-order valence-corrected chi connectivity index (χ2v) is 1.60. The van der Waals surface area contributed by atoms with Gasteiger partial charge >= 0.3 is 50.1 Å². The molecule has 0 aromatic carbocycles. The summed E-state index contributed by atoms with van der Waals surface area (Å²) in [4.78, 5) is 9.40. The standard InChI is InChI=1S/C2H3O2.Y.Zr/c1-2(3)4;;/h1H2,(H,3,4);;. The van der Waals surface area contributed by atoms with Crippen molar-refractivity contribution < 1.29 is 67.1 Å². The monoisotopic (exact) mass is 238 g/mol. The van der Waals surface area contributed by atoms with Crippen molar-refractivity contribution in [3.63, 3.8) is 0 Å². The van der Waals surface area contributed by atoms with Gasteiger partial charge in [0.05, 0.1) is 0 Å². The molecule has 0 heterocycles. The van der Waals surface area contributed by atoms with Crippen LogP contribution in [-0.4, -0.2) is 11.1 Å². The maximum absolute atomic E-state index is 9.40. The van der Waals surface area contributed by atoms with E-state index in [4.69, 9.17) is 5.11 Å². The molecule has 0 amide bonds. The van der Waals surface area contributed by atoms with Crippen LogP contribution in [0.25, 0.3) is 0 Å². The zero-order valence-electron chi connectivity index (χ0n) is 3.14. The Morgan fingerprint density at radius 1 is 1.83 bits per heavy atom. The van der Waals surface area contributed by atoms with Crippen molar-refractivity contribution in [1.82, 2.24) is 0 Å². The summed E-state index contributed by atoms with van der Waals surface area (Å²) in [5, 5.41) is 7.75. The summed E-state index contributed by atoms with van der Waals surface area (Å²) >= 11 is 0.827. The zero-order chi connectivity index (χ0) is 4.28. The van der Waals surface area contributed by atoms with Gasteiger partial charge in [0, 0.05) is 26.2 Å². The Morgan fingerprint density at radius 3 is 2.00 bits per heavy atom. The molecule has 0 saturated heterocycles. The van der Waals surface area contributed by atoms with E-state index in [9.17, 15) is 4.79 Å². The van der Waals surface area contributed by atoms with Gasteiger partial charge in [-0.2, -0.15) is 0 Å². The van der Waals surface area contributed by atoms with Crippen LogP contribution in [0.1, 0.15) is 0 Å². The maximum Gasteiger partial charge on any atom is 0 e.